The van der Waals surface area contributed by atoms with Crippen LogP contribution in [0.1, 0.15) is 41.8 Å². The van der Waals surface area contributed by atoms with E-state index in [4.69, 9.17) is 0 Å². The quantitative estimate of drug-likeness (QED) is 0.837. The zero-order valence-corrected chi connectivity index (χ0v) is 11.8. The summed E-state index contributed by atoms with van der Waals surface area (Å²) in [6.45, 7) is 7.17. The van der Waals surface area contributed by atoms with Crippen LogP contribution in [-0.2, 0) is 13.0 Å². The number of carbonyl (C=O) groups is 1. The Bertz CT molecular complexity index is 498. The molecule has 1 N–H and O–H groups in total. The van der Waals surface area contributed by atoms with Crippen molar-refractivity contribution in [3.63, 3.8) is 0 Å². The van der Waals surface area contributed by atoms with Gasteiger partial charge in [-0.2, -0.15) is 0 Å². The zero-order valence-electron chi connectivity index (χ0n) is 11.8. The summed E-state index contributed by atoms with van der Waals surface area (Å²) >= 11 is 0. The maximum Gasteiger partial charge on any atom is 0.254 e. The minimum atomic E-state index is 0.232. The van der Waals surface area contributed by atoms with Gasteiger partial charge in [0.25, 0.3) is 5.91 Å². The SMILES string of the molecule is CC1CC(C)N(C(=O)c2cccc3c2CCNC3)C1. The van der Waals surface area contributed by atoms with Gasteiger partial charge in [-0.25, -0.2) is 0 Å². The van der Waals surface area contributed by atoms with Crippen LogP contribution in [0.5, 0.6) is 0 Å². The molecule has 0 saturated carbocycles. The molecule has 1 aromatic rings. The fourth-order valence-corrected chi connectivity index (χ4v) is 3.47. The van der Waals surface area contributed by atoms with Gasteiger partial charge >= 0.3 is 0 Å². The predicted octanol–water partition coefficient (Wildman–Crippen LogP) is 2.20. The second kappa shape index (κ2) is 4.97. The summed E-state index contributed by atoms with van der Waals surface area (Å²) in [6, 6.07) is 6.53. The highest BCUT2D eigenvalue weighted by Gasteiger charge is 2.31. The summed E-state index contributed by atoms with van der Waals surface area (Å²) in [5.41, 5.74) is 3.48. The van der Waals surface area contributed by atoms with Crippen LogP contribution in [-0.4, -0.2) is 29.9 Å². The molecular weight excluding hydrogens is 236 g/mol. The fraction of sp³-hybridized carbons (Fsp3) is 0.562. The Hall–Kier alpha value is -1.35. The summed E-state index contributed by atoms with van der Waals surface area (Å²) in [4.78, 5) is 14.8. The van der Waals surface area contributed by atoms with Crippen LogP contribution in [0.2, 0.25) is 0 Å². The van der Waals surface area contributed by atoms with Crippen molar-refractivity contribution in [1.82, 2.24) is 10.2 Å². The minimum Gasteiger partial charge on any atom is -0.336 e. The number of amides is 1. The van der Waals surface area contributed by atoms with Crippen molar-refractivity contribution in [2.45, 2.75) is 39.3 Å². The third-order valence-corrected chi connectivity index (χ3v) is 4.42. The summed E-state index contributed by atoms with van der Waals surface area (Å²) in [6.07, 6.45) is 2.09. The van der Waals surface area contributed by atoms with Crippen molar-refractivity contribution in [3.05, 3.63) is 34.9 Å². The van der Waals surface area contributed by atoms with E-state index in [2.05, 4.69) is 30.1 Å². The number of rotatable bonds is 1. The average Bonchev–Trinajstić information content (AvgIpc) is 2.76. The summed E-state index contributed by atoms with van der Waals surface area (Å²) in [7, 11) is 0. The molecule has 3 heteroatoms. The van der Waals surface area contributed by atoms with E-state index < -0.39 is 0 Å². The maximum absolute atomic E-state index is 12.8. The molecule has 2 atom stereocenters. The molecule has 1 fully saturated rings. The smallest absolute Gasteiger partial charge is 0.254 e. The number of likely N-dealkylation sites (tertiary alicyclic amines) is 1. The standard InChI is InChI=1S/C16H22N2O/c1-11-8-12(2)18(10-11)16(19)15-5-3-4-13-9-17-7-6-14(13)15/h3-5,11-12,17H,6-10H2,1-2H3. The van der Waals surface area contributed by atoms with Crippen LogP contribution in [0.4, 0.5) is 0 Å². The molecule has 1 saturated heterocycles. The van der Waals surface area contributed by atoms with E-state index in [9.17, 15) is 4.79 Å². The van der Waals surface area contributed by atoms with Crippen LogP contribution in [0.15, 0.2) is 18.2 Å². The Kier molecular flexibility index (Phi) is 3.31. The van der Waals surface area contributed by atoms with Crippen molar-refractivity contribution in [1.29, 1.82) is 0 Å². The monoisotopic (exact) mass is 258 g/mol. The lowest BCUT2D eigenvalue weighted by Gasteiger charge is -2.25. The van der Waals surface area contributed by atoms with E-state index in [1.807, 2.05) is 12.1 Å². The van der Waals surface area contributed by atoms with Crippen LogP contribution in [0, 0.1) is 5.92 Å². The van der Waals surface area contributed by atoms with E-state index in [0.717, 1.165) is 38.0 Å². The molecule has 3 rings (SSSR count). The Labute approximate surface area is 115 Å². The van der Waals surface area contributed by atoms with Gasteiger partial charge < -0.3 is 10.2 Å². The van der Waals surface area contributed by atoms with Crippen molar-refractivity contribution >= 4 is 5.91 Å². The van der Waals surface area contributed by atoms with Crippen molar-refractivity contribution in [3.8, 4) is 0 Å². The van der Waals surface area contributed by atoms with Gasteiger partial charge in [0.2, 0.25) is 0 Å². The molecule has 2 aliphatic rings. The Morgan fingerprint density at radius 3 is 2.95 bits per heavy atom. The van der Waals surface area contributed by atoms with E-state index in [0.29, 0.717) is 12.0 Å². The fourth-order valence-electron chi connectivity index (χ4n) is 3.47. The molecule has 0 aliphatic carbocycles. The first kappa shape index (κ1) is 12.7. The van der Waals surface area contributed by atoms with Crippen LogP contribution in [0.25, 0.3) is 0 Å². The maximum atomic E-state index is 12.8. The molecule has 2 unspecified atom stereocenters. The number of benzene rings is 1. The molecule has 102 valence electrons. The number of carbonyl (C=O) groups excluding carboxylic acids is 1. The number of hydrogen-bond donors (Lipinski definition) is 1. The molecule has 0 radical (unpaired) electrons. The molecule has 2 aliphatic heterocycles. The van der Waals surface area contributed by atoms with E-state index in [1.54, 1.807) is 0 Å². The van der Waals surface area contributed by atoms with Gasteiger partial charge in [-0.05, 0) is 49.4 Å². The Morgan fingerprint density at radius 2 is 2.21 bits per heavy atom. The van der Waals surface area contributed by atoms with Gasteiger partial charge in [0.15, 0.2) is 0 Å². The van der Waals surface area contributed by atoms with E-state index in [1.165, 1.54) is 11.1 Å². The lowest BCUT2D eigenvalue weighted by atomic mass is 9.94. The normalized spacial score (nSPS) is 26.3. The topological polar surface area (TPSA) is 32.3 Å². The third kappa shape index (κ3) is 2.27. The number of fused-ring (bicyclic) bond motifs is 1. The van der Waals surface area contributed by atoms with Gasteiger partial charge in [0.05, 0.1) is 0 Å². The number of hydrogen-bond acceptors (Lipinski definition) is 2. The molecule has 1 amide bonds. The lowest BCUT2D eigenvalue weighted by Crippen LogP contribution is -2.35. The number of nitrogens with one attached hydrogen (secondary N) is 1. The molecule has 1 aromatic carbocycles. The first-order valence-electron chi connectivity index (χ1n) is 7.29. The molecule has 0 bridgehead atoms. The highest BCUT2D eigenvalue weighted by atomic mass is 16.2. The average molecular weight is 258 g/mol. The van der Waals surface area contributed by atoms with Gasteiger partial charge in [-0.1, -0.05) is 19.1 Å². The minimum absolute atomic E-state index is 0.232. The van der Waals surface area contributed by atoms with Crippen LogP contribution in [0.3, 0.4) is 0 Å². The van der Waals surface area contributed by atoms with Gasteiger partial charge in [-0.3, -0.25) is 4.79 Å². The van der Waals surface area contributed by atoms with Crippen molar-refractivity contribution in [2.75, 3.05) is 13.1 Å². The summed E-state index contributed by atoms with van der Waals surface area (Å²) in [5.74, 6) is 0.857. The molecule has 2 heterocycles. The summed E-state index contributed by atoms with van der Waals surface area (Å²) in [5, 5.41) is 3.37. The first-order valence-corrected chi connectivity index (χ1v) is 7.29. The van der Waals surface area contributed by atoms with Crippen molar-refractivity contribution < 1.29 is 4.79 Å². The lowest BCUT2D eigenvalue weighted by molar-refractivity contribution is 0.0742. The van der Waals surface area contributed by atoms with Crippen molar-refractivity contribution in [2.24, 2.45) is 5.92 Å². The Morgan fingerprint density at radius 1 is 1.37 bits per heavy atom. The Balaban J connectivity index is 1.92. The molecule has 0 aromatic heterocycles. The molecule has 19 heavy (non-hydrogen) atoms. The van der Waals surface area contributed by atoms with Gasteiger partial charge in [0.1, 0.15) is 0 Å². The van der Waals surface area contributed by atoms with Gasteiger partial charge in [-0.15, -0.1) is 0 Å². The number of nitrogens with zero attached hydrogens (tertiary/aromatic N) is 1. The second-order valence-electron chi connectivity index (χ2n) is 6.02. The highest BCUT2D eigenvalue weighted by Crippen LogP contribution is 2.27. The van der Waals surface area contributed by atoms with E-state index in [-0.39, 0.29) is 5.91 Å². The van der Waals surface area contributed by atoms with E-state index >= 15 is 0 Å². The third-order valence-electron chi connectivity index (χ3n) is 4.42. The van der Waals surface area contributed by atoms with Crippen LogP contribution >= 0.6 is 0 Å². The largest absolute Gasteiger partial charge is 0.336 e. The summed E-state index contributed by atoms with van der Waals surface area (Å²) < 4.78 is 0. The molecule has 3 nitrogen and oxygen atoms in total. The van der Waals surface area contributed by atoms with Crippen LogP contribution < -0.4 is 5.32 Å². The first-order chi connectivity index (χ1) is 9.16. The highest BCUT2D eigenvalue weighted by molar-refractivity contribution is 5.96. The molecule has 0 spiro atoms. The molecular formula is C16H22N2O. The predicted molar refractivity (Wildman–Crippen MR) is 76.1 cm³/mol. The zero-order chi connectivity index (χ0) is 13.4. The van der Waals surface area contributed by atoms with Gasteiger partial charge in [0, 0.05) is 24.7 Å². The second-order valence-corrected chi connectivity index (χ2v) is 6.02.